The van der Waals surface area contributed by atoms with Crippen molar-refractivity contribution in [3.63, 3.8) is 0 Å². The number of benzene rings is 1. The van der Waals surface area contributed by atoms with Crippen molar-refractivity contribution < 1.29 is 9.13 Å². The monoisotopic (exact) mass is 402 g/mol. The molecule has 20 heavy (non-hydrogen) atoms. The number of aromatic nitrogens is 1. The first-order valence-corrected chi connectivity index (χ1v) is 7.50. The van der Waals surface area contributed by atoms with Gasteiger partial charge in [0.2, 0.25) is 0 Å². The van der Waals surface area contributed by atoms with Gasteiger partial charge in [-0.2, -0.15) is 0 Å². The lowest BCUT2D eigenvalue weighted by atomic mass is 10.1. The van der Waals surface area contributed by atoms with Gasteiger partial charge in [0.1, 0.15) is 11.6 Å². The highest BCUT2D eigenvalue weighted by atomic mass is 79.9. The van der Waals surface area contributed by atoms with Crippen LogP contribution >= 0.6 is 31.9 Å². The number of nitrogens with zero attached hydrogens (tertiary/aromatic N) is 1. The Morgan fingerprint density at radius 1 is 1.20 bits per heavy atom. The SMILES string of the molecule is COc1cc(NC(C)c2cncc(F)c2)c(Br)cc1Br. The van der Waals surface area contributed by atoms with Crippen molar-refractivity contribution in [3.8, 4) is 5.75 Å². The standard InChI is InChI=1S/C14H13Br2FN2O/c1-8(9-3-10(17)7-18-6-9)19-13-5-14(20-2)12(16)4-11(13)15/h3-8,19H,1-2H3. The summed E-state index contributed by atoms with van der Waals surface area (Å²) < 4.78 is 20.2. The summed E-state index contributed by atoms with van der Waals surface area (Å²) in [6, 6.07) is 5.16. The smallest absolute Gasteiger partial charge is 0.141 e. The molecule has 0 radical (unpaired) electrons. The molecule has 1 aromatic heterocycles. The van der Waals surface area contributed by atoms with Crippen LogP contribution in [0.2, 0.25) is 0 Å². The number of nitrogens with one attached hydrogen (secondary N) is 1. The lowest BCUT2D eigenvalue weighted by Gasteiger charge is -2.18. The predicted molar refractivity (Wildman–Crippen MR) is 84.6 cm³/mol. The van der Waals surface area contributed by atoms with Gasteiger partial charge in [0.15, 0.2) is 0 Å². The first-order valence-electron chi connectivity index (χ1n) is 5.91. The van der Waals surface area contributed by atoms with E-state index in [1.807, 2.05) is 19.1 Å². The molecule has 0 aliphatic carbocycles. The number of rotatable bonds is 4. The first-order chi connectivity index (χ1) is 9.51. The zero-order valence-electron chi connectivity index (χ0n) is 11.0. The van der Waals surface area contributed by atoms with Crippen LogP contribution in [0.25, 0.3) is 0 Å². The van der Waals surface area contributed by atoms with Crippen LogP contribution in [-0.4, -0.2) is 12.1 Å². The summed E-state index contributed by atoms with van der Waals surface area (Å²) in [4.78, 5) is 3.86. The molecule has 6 heteroatoms. The van der Waals surface area contributed by atoms with Crippen LogP contribution in [0.5, 0.6) is 5.75 Å². The van der Waals surface area contributed by atoms with E-state index in [1.165, 1.54) is 12.3 Å². The predicted octanol–water partition coefficient (Wildman–Crippen LogP) is 4.93. The highest BCUT2D eigenvalue weighted by Crippen LogP contribution is 2.36. The Labute approximate surface area is 133 Å². The molecule has 0 fully saturated rings. The zero-order valence-corrected chi connectivity index (χ0v) is 14.1. The Balaban J connectivity index is 2.25. The number of methoxy groups -OCH3 is 1. The number of pyridine rings is 1. The average molecular weight is 404 g/mol. The molecule has 1 heterocycles. The summed E-state index contributed by atoms with van der Waals surface area (Å²) in [7, 11) is 1.61. The normalized spacial score (nSPS) is 12.1. The van der Waals surface area contributed by atoms with Gasteiger partial charge >= 0.3 is 0 Å². The van der Waals surface area contributed by atoms with Gasteiger partial charge in [-0.25, -0.2) is 4.39 Å². The van der Waals surface area contributed by atoms with E-state index >= 15 is 0 Å². The quantitative estimate of drug-likeness (QED) is 0.785. The van der Waals surface area contributed by atoms with Crippen molar-refractivity contribution >= 4 is 37.5 Å². The lowest BCUT2D eigenvalue weighted by Crippen LogP contribution is -2.08. The van der Waals surface area contributed by atoms with Crippen molar-refractivity contribution in [1.82, 2.24) is 4.98 Å². The maximum absolute atomic E-state index is 13.2. The lowest BCUT2D eigenvalue weighted by molar-refractivity contribution is 0.412. The van der Waals surface area contributed by atoms with E-state index in [2.05, 4.69) is 42.2 Å². The van der Waals surface area contributed by atoms with E-state index < -0.39 is 0 Å². The van der Waals surface area contributed by atoms with E-state index in [0.29, 0.717) is 0 Å². The van der Waals surface area contributed by atoms with Crippen LogP contribution in [0.15, 0.2) is 39.5 Å². The fourth-order valence-corrected chi connectivity index (χ4v) is 3.05. The Bertz CT molecular complexity index is 622. The van der Waals surface area contributed by atoms with Gasteiger partial charge < -0.3 is 10.1 Å². The van der Waals surface area contributed by atoms with Crippen LogP contribution in [0.3, 0.4) is 0 Å². The summed E-state index contributed by atoms with van der Waals surface area (Å²) in [6.45, 7) is 1.94. The molecule has 1 atom stereocenters. The number of hydrogen-bond acceptors (Lipinski definition) is 3. The number of anilines is 1. The van der Waals surface area contributed by atoms with Crippen LogP contribution < -0.4 is 10.1 Å². The zero-order chi connectivity index (χ0) is 14.7. The molecule has 0 bridgehead atoms. The van der Waals surface area contributed by atoms with E-state index in [9.17, 15) is 4.39 Å². The Morgan fingerprint density at radius 3 is 2.60 bits per heavy atom. The van der Waals surface area contributed by atoms with Crippen LogP contribution in [0, 0.1) is 5.82 Å². The Kier molecular flexibility index (Phi) is 4.99. The molecule has 1 N–H and O–H groups in total. The maximum atomic E-state index is 13.2. The molecule has 0 saturated carbocycles. The first kappa shape index (κ1) is 15.3. The Hall–Kier alpha value is -1.14. The molecule has 1 unspecified atom stereocenters. The van der Waals surface area contributed by atoms with Gasteiger partial charge in [-0.05, 0) is 56.5 Å². The molecule has 0 saturated heterocycles. The van der Waals surface area contributed by atoms with Crippen LogP contribution in [0.4, 0.5) is 10.1 Å². The number of halogens is 3. The molecule has 0 spiro atoms. The second-order valence-corrected chi connectivity index (χ2v) is 5.98. The molecule has 106 valence electrons. The summed E-state index contributed by atoms with van der Waals surface area (Å²) in [6.07, 6.45) is 2.83. The van der Waals surface area contributed by atoms with Crippen molar-refractivity contribution in [2.24, 2.45) is 0 Å². The molecule has 2 rings (SSSR count). The van der Waals surface area contributed by atoms with Gasteiger partial charge in [0, 0.05) is 16.7 Å². The summed E-state index contributed by atoms with van der Waals surface area (Å²) in [5.74, 6) is 0.379. The number of ether oxygens (including phenoxy) is 1. The van der Waals surface area contributed by atoms with Crippen molar-refractivity contribution in [2.75, 3.05) is 12.4 Å². The molecule has 3 nitrogen and oxygen atoms in total. The Morgan fingerprint density at radius 2 is 1.95 bits per heavy atom. The minimum atomic E-state index is -0.344. The van der Waals surface area contributed by atoms with Crippen LogP contribution in [0.1, 0.15) is 18.5 Å². The largest absolute Gasteiger partial charge is 0.495 e. The summed E-state index contributed by atoms with van der Waals surface area (Å²) in [5.41, 5.74) is 1.64. The topological polar surface area (TPSA) is 34.1 Å². The number of hydrogen-bond donors (Lipinski definition) is 1. The summed E-state index contributed by atoms with van der Waals surface area (Å²) >= 11 is 6.91. The molecule has 1 aromatic carbocycles. The van der Waals surface area contributed by atoms with E-state index in [-0.39, 0.29) is 11.9 Å². The van der Waals surface area contributed by atoms with Gasteiger partial charge in [0.05, 0.1) is 29.5 Å². The highest BCUT2D eigenvalue weighted by molar-refractivity contribution is 9.11. The minimum absolute atomic E-state index is 0.0830. The van der Waals surface area contributed by atoms with Gasteiger partial charge in [0.25, 0.3) is 0 Å². The minimum Gasteiger partial charge on any atom is -0.495 e. The molecule has 2 aromatic rings. The third-order valence-electron chi connectivity index (χ3n) is 2.84. The molecular weight excluding hydrogens is 391 g/mol. The molecule has 0 aliphatic heterocycles. The molecule has 0 aliphatic rings. The van der Waals surface area contributed by atoms with Gasteiger partial charge in [-0.1, -0.05) is 0 Å². The highest BCUT2D eigenvalue weighted by Gasteiger charge is 2.11. The second kappa shape index (κ2) is 6.54. The van der Waals surface area contributed by atoms with Crippen molar-refractivity contribution in [2.45, 2.75) is 13.0 Å². The van der Waals surface area contributed by atoms with Crippen molar-refractivity contribution in [1.29, 1.82) is 0 Å². The van der Waals surface area contributed by atoms with E-state index in [0.717, 1.165) is 25.9 Å². The van der Waals surface area contributed by atoms with E-state index in [4.69, 9.17) is 4.74 Å². The fraction of sp³-hybridized carbons (Fsp3) is 0.214. The van der Waals surface area contributed by atoms with Gasteiger partial charge in [-0.3, -0.25) is 4.98 Å². The van der Waals surface area contributed by atoms with Gasteiger partial charge in [-0.15, -0.1) is 0 Å². The maximum Gasteiger partial charge on any atom is 0.141 e. The van der Waals surface area contributed by atoms with Crippen molar-refractivity contribution in [3.05, 3.63) is 50.9 Å². The third-order valence-corrected chi connectivity index (χ3v) is 4.12. The molecule has 0 amide bonds. The van der Waals surface area contributed by atoms with E-state index in [1.54, 1.807) is 13.3 Å². The molecular formula is C14H13Br2FN2O. The average Bonchev–Trinajstić information content (AvgIpc) is 2.41. The third kappa shape index (κ3) is 3.49. The summed E-state index contributed by atoms with van der Waals surface area (Å²) in [5, 5.41) is 3.30. The fourth-order valence-electron chi connectivity index (χ4n) is 1.78. The van der Waals surface area contributed by atoms with Crippen LogP contribution in [-0.2, 0) is 0 Å². The second-order valence-electron chi connectivity index (χ2n) is 4.27.